The van der Waals surface area contributed by atoms with Crippen LogP contribution in [0.2, 0.25) is 0 Å². The van der Waals surface area contributed by atoms with Crippen molar-refractivity contribution in [3.63, 3.8) is 0 Å². The van der Waals surface area contributed by atoms with Crippen LogP contribution in [0.4, 0.5) is 0 Å². The molecule has 1 aromatic rings. The molecule has 1 aromatic heterocycles. The molecule has 0 aliphatic rings. The molecular weight excluding hydrogens is 170 g/mol. The van der Waals surface area contributed by atoms with Crippen LogP contribution in [0, 0.1) is 0 Å². The van der Waals surface area contributed by atoms with E-state index in [9.17, 15) is 4.79 Å². The van der Waals surface area contributed by atoms with Crippen molar-refractivity contribution in [2.75, 3.05) is 13.6 Å². The molecule has 0 saturated heterocycles. The second kappa shape index (κ2) is 4.56. The second-order valence-corrected chi connectivity index (χ2v) is 2.66. The SMILES string of the molecule is CNC(=O)CNCc1cn(C)nn1. The molecule has 0 fully saturated rings. The smallest absolute Gasteiger partial charge is 0.233 e. The van der Waals surface area contributed by atoms with E-state index in [0.29, 0.717) is 13.1 Å². The van der Waals surface area contributed by atoms with Gasteiger partial charge in [0.1, 0.15) is 0 Å². The molecule has 6 nitrogen and oxygen atoms in total. The molecule has 1 heterocycles. The minimum absolute atomic E-state index is 0.0381. The minimum Gasteiger partial charge on any atom is -0.358 e. The van der Waals surface area contributed by atoms with Crippen LogP contribution < -0.4 is 10.6 Å². The average molecular weight is 183 g/mol. The van der Waals surface area contributed by atoms with Crippen molar-refractivity contribution in [3.05, 3.63) is 11.9 Å². The molecule has 0 atom stereocenters. The van der Waals surface area contributed by atoms with Gasteiger partial charge in [0.15, 0.2) is 0 Å². The van der Waals surface area contributed by atoms with Crippen molar-refractivity contribution in [2.45, 2.75) is 6.54 Å². The number of nitrogens with zero attached hydrogens (tertiary/aromatic N) is 3. The molecule has 0 spiro atoms. The van der Waals surface area contributed by atoms with E-state index in [1.807, 2.05) is 0 Å². The molecule has 1 amide bonds. The number of aryl methyl sites for hydroxylation is 1. The topological polar surface area (TPSA) is 71.8 Å². The fraction of sp³-hybridized carbons (Fsp3) is 0.571. The summed E-state index contributed by atoms with van der Waals surface area (Å²) in [5.74, 6) is -0.0381. The summed E-state index contributed by atoms with van der Waals surface area (Å²) in [5.41, 5.74) is 0.825. The number of aromatic nitrogens is 3. The zero-order valence-corrected chi connectivity index (χ0v) is 7.74. The zero-order chi connectivity index (χ0) is 9.68. The maximum atomic E-state index is 10.8. The van der Waals surface area contributed by atoms with E-state index >= 15 is 0 Å². The summed E-state index contributed by atoms with van der Waals surface area (Å²) in [6.07, 6.45) is 1.80. The lowest BCUT2D eigenvalue weighted by atomic mass is 10.4. The van der Waals surface area contributed by atoms with Gasteiger partial charge in [-0.2, -0.15) is 0 Å². The molecule has 0 unspecified atom stereocenters. The van der Waals surface area contributed by atoms with Crippen LogP contribution in [0.3, 0.4) is 0 Å². The van der Waals surface area contributed by atoms with E-state index in [1.54, 1.807) is 25.0 Å². The Hall–Kier alpha value is -1.43. The number of nitrogens with one attached hydrogen (secondary N) is 2. The summed E-state index contributed by atoms with van der Waals surface area (Å²) < 4.78 is 1.62. The fourth-order valence-corrected chi connectivity index (χ4v) is 0.869. The fourth-order valence-electron chi connectivity index (χ4n) is 0.869. The lowest BCUT2D eigenvalue weighted by molar-refractivity contribution is -0.119. The third-order valence-corrected chi connectivity index (χ3v) is 1.52. The molecule has 0 radical (unpaired) electrons. The Bertz CT molecular complexity index is 282. The monoisotopic (exact) mass is 183 g/mol. The average Bonchev–Trinajstić information content (AvgIpc) is 2.51. The van der Waals surface area contributed by atoms with Gasteiger partial charge in [-0.05, 0) is 0 Å². The molecule has 1 rings (SSSR count). The van der Waals surface area contributed by atoms with Crippen LogP contribution in [0.15, 0.2) is 6.20 Å². The van der Waals surface area contributed by atoms with Gasteiger partial charge in [-0.3, -0.25) is 9.48 Å². The summed E-state index contributed by atoms with van der Waals surface area (Å²) in [6.45, 7) is 0.855. The number of carbonyl (C=O) groups is 1. The molecular formula is C7H13N5O. The van der Waals surface area contributed by atoms with Gasteiger partial charge in [-0.1, -0.05) is 5.21 Å². The number of hydrogen-bond acceptors (Lipinski definition) is 4. The van der Waals surface area contributed by atoms with Crippen LogP contribution in [-0.2, 0) is 18.4 Å². The van der Waals surface area contributed by atoms with E-state index in [2.05, 4.69) is 20.9 Å². The third kappa shape index (κ3) is 3.20. The van der Waals surface area contributed by atoms with E-state index in [4.69, 9.17) is 0 Å². The van der Waals surface area contributed by atoms with Crippen LogP contribution in [0.1, 0.15) is 5.69 Å². The van der Waals surface area contributed by atoms with Gasteiger partial charge >= 0.3 is 0 Å². The zero-order valence-electron chi connectivity index (χ0n) is 7.74. The molecule has 0 saturated carbocycles. The number of hydrogen-bond donors (Lipinski definition) is 2. The first-order valence-electron chi connectivity index (χ1n) is 3.99. The Balaban J connectivity index is 2.24. The Morgan fingerprint density at radius 3 is 3.00 bits per heavy atom. The van der Waals surface area contributed by atoms with Crippen molar-refractivity contribution < 1.29 is 4.79 Å². The number of likely N-dealkylation sites (N-methyl/N-ethyl adjacent to an activating group) is 1. The maximum absolute atomic E-state index is 10.8. The number of carbonyl (C=O) groups excluding carboxylic acids is 1. The van der Waals surface area contributed by atoms with Crippen LogP contribution in [0.5, 0.6) is 0 Å². The van der Waals surface area contributed by atoms with Gasteiger partial charge in [0, 0.05) is 26.8 Å². The Morgan fingerprint density at radius 1 is 1.69 bits per heavy atom. The Labute approximate surface area is 76.3 Å². The van der Waals surface area contributed by atoms with E-state index in [1.165, 1.54) is 0 Å². The summed E-state index contributed by atoms with van der Waals surface area (Å²) in [5, 5.41) is 13.1. The molecule has 0 bridgehead atoms. The van der Waals surface area contributed by atoms with Crippen molar-refractivity contribution in [2.24, 2.45) is 7.05 Å². The second-order valence-electron chi connectivity index (χ2n) is 2.66. The lowest BCUT2D eigenvalue weighted by Gasteiger charge is -1.99. The lowest BCUT2D eigenvalue weighted by Crippen LogP contribution is -2.31. The van der Waals surface area contributed by atoms with Crippen molar-refractivity contribution in [3.8, 4) is 0 Å². The van der Waals surface area contributed by atoms with Crippen molar-refractivity contribution in [1.29, 1.82) is 0 Å². The van der Waals surface area contributed by atoms with Gasteiger partial charge in [0.05, 0.1) is 12.2 Å². The molecule has 0 aliphatic carbocycles. The van der Waals surface area contributed by atoms with Crippen LogP contribution in [-0.4, -0.2) is 34.5 Å². The van der Waals surface area contributed by atoms with E-state index in [-0.39, 0.29) is 5.91 Å². The quantitative estimate of drug-likeness (QED) is 0.605. The van der Waals surface area contributed by atoms with E-state index in [0.717, 1.165) is 5.69 Å². The highest BCUT2D eigenvalue weighted by atomic mass is 16.1. The molecule has 0 aromatic carbocycles. The summed E-state index contributed by atoms with van der Waals surface area (Å²) in [4.78, 5) is 10.8. The van der Waals surface area contributed by atoms with E-state index < -0.39 is 0 Å². The molecule has 13 heavy (non-hydrogen) atoms. The van der Waals surface area contributed by atoms with Gasteiger partial charge in [0.2, 0.25) is 5.91 Å². The first-order valence-corrected chi connectivity index (χ1v) is 3.99. The molecule has 2 N–H and O–H groups in total. The van der Waals surface area contributed by atoms with Crippen LogP contribution in [0.25, 0.3) is 0 Å². The first-order chi connectivity index (χ1) is 6.22. The van der Waals surface area contributed by atoms with Gasteiger partial charge < -0.3 is 10.6 Å². The molecule has 0 aliphatic heterocycles. The van der Waals surface area contributed by atoms with Crippen LogP contribution >= 0.6 is 0 Å². The Kier molecular flexibility index (Phi) is 3.39. The maximum Gasteiger partial charge on any atom is 0.233 e. The molecule has 72 valence electrons. The molecule has 6 heteroatoms. The predicted octanol–water partition coefficient (Wildman–Crippen LogP) is -1.35. The number of amides is 1. The predicted molar refractivity (Wildman–Crippen MR) is 46.8 cm³/mol. The van der Waals surface area contributed by atoms with Gasteiger partial charge in [0.25, 0.3) is 0 Å². The standard InChI is InChI=1S/C7H13N5O/c1-8-7(13)4-9-3-6-5-12(2)11-10-6/h5,9H,3-4H2,1-2H3,(H,8,13). The van der Waals surface area contributed by atoms with Gasteiger partial charge in [-0.25, -0.2) is 0 Å². The summed E-state index contributed by atoms with van der Waals surface area (Å²) in [6, 6.07) is 0. The third-order valence-electron chi connectivity index (χ3n) is 1.52. The van der Waals surface area contributed by atoms with Crippen molar-refractivity contribution >= 4 is 5.91 Å². The normalized spacial score (nSPS) is 10.0. The summed E-state index contributed by atoms with van der Waals surface area (Å²) >= 11 is 0. The number of rotatable bonds is 4. The first kappa shape index (κ1) is 9.66. The highest BCUT2D eigenvalue weighted by Gasteiger charge is 1.99. The highest BCUT2D eigenvalue weighted by Crippen LogP contribution is 1.88. The minimum atomic E-state index is -0.0381. The van der Waals surface area contributed by atoms with Crippen molar-refractivity contribution in [1.82, 2.24) is 25.6 Å². The summed E-state index contributed by atoms with van der Waals surface area (Å²) in [7, 11) is 3.40. The Morgan fingerprint density at radius 2 is 2.46 bits per heavy atom. The largest absolute Gasteiger partial charge is 0.358 e. The highest BCUT2D eigenvalue weighted by molar-refractivity contribution is 5.77. The van der Waals surface area contributed by atoms with Gasteiger partial charge in [-0.15, -0.1) is 5.10 Å².